The van der Waals surface area contributed by atoms with E-state index in [1.807, 2.05) is 30.5 Å². The number of nitrogens with zero attached hydrogens (tertiary/aromatic N) is 1. The number of pyridine rings is 1. The Balaban J connectivity index is 2.12. The second-order valence-electron chi connectivity index (χ2n) is 8.02. The standard InChI is InChI=1S/C19H19B4N/c1-17(2,3)13-6-9-24-16(11-13)12-4-5-14-15(10-12)19(22,23)8-7-18(14,20)21/h4-6,9-11H,7-8H2,1-3H3. The summed E-state index contributed by atoms with van der Waals surface area (Å²) < 4.78 is 0. The summed E-state index contributed by atoms with van der Waals surface area (Å²) in [6.45, 7) is 6.54. The van der Waals surface area contributed by atoms with Crippen LogP contribution >= 0.6 is 0 Å². The van der Waals surface area contributed by atoms with Gasteiger partial charge in [0.15, 0.2) is 0 Å². The lowest BCUT2D eigenvalue weighted by atomic mass is 9.37. The van der Waals surface area contributed by atoms with Crippen LogP contribution in [0.2, 0.25) is 0 Å². The van der Waals surface area contributed by atoms with E-state index in [4.69, 9.17) is 31.4 Å². The topological polar surface area (TPSA) is 12.9 Å². The Hall–Kier alpha value is -1.37. The summed E-state index contributed by atoms with van der Waals surface area (Å²) in [5.41, 5.74) is 4.77. The minimum Gasteiger partial charge on any atom is -0.256 e. The predicted molar refractivity (Wildman–Crippen MR) is 104 cm³/mol. The van der Waals surface area contributed by atoms with Crippen molar-refractivity contribution in [3.8, 4) is 11.3 Å². The lowest BCUT2D eigenvalue weighted by molar-refractivity contribution is 0.574. The fraction of sp³-hybridized carbons (Fsp3) is 0.421. The number of benzene rings is 1. The van der Waals surface area contributed by atoms with E-state index >= 15 is 0 Å². The third kappa shape index (κ3) is 3.10. The maximum atomic E-state index is 6.30. The zero-order valence-corrected chi connectivity index (χ0v) is 14.6. The van der Waals surface area contributed by atoms with Crippen LogP contribution in [0, 0.1) is 0 Å². The third-order valence-corrected chi connectivity index (χ3v) is 4.90. The molecule has 8 radical (unpaired) electrons. The fourth-order valence-electron chi connectivity index (χ4n) is 3.23. The highest BCUT2D eigenvalue weighted by atomic mass is 14.7. The quantitative estimate of drug-likeness (QED) is 0.738. The normalized spacial score (nSPS) is 18.8. The molecule has 1 aromatic carbocycles. The molecule has 1 aliphatic carbocycles. The van der Waals surface area contributed by atoms with Crippen LogP contribution in [0.15, 0.2) is 36.5 Å². The minimum absolute atomic E-state index is 0.0566. The predicted octanol–water partition coefficient (Wildman–Crippen LogP) is 2.82. The van der Waals surface area contributed by atoms with Crippen LogP contribution in [-0.2, 0) is 15.8 Å². The van der Waals surface area contributed by atoms with Crippen LogP contribution in [0.4, 0.5) is 0 Å². The van der Waals surface area contributed by atoms with Crippen molar-refractivity contribution < 1.29 is 0 Å². The molecule has 1 aromatic heterocycles. The van der Waals surface area contributed by atoms with Crippen LogP contribution in [0.5, 0.6) is 0 Å². The summed E-state index contributed by atoms with van der Waals surface area (Å²) >= 11 is 0. The first-order valence-corrected chi connectivity index (χ1v) is 8.28. The molecule has 0 atom stereocenters. The van der Waals surface area contributed by atoms with Gasteiger partial charge in [0.1, 0.15) is 0 Å². The van der Waals surface area contributed by atoms with Crippen LogP contribution in [-0.4, -0.2) is 36.4 Å². The molecule has 3 rings (SSSR count). The van der Waals surface area contributed by atoms with Crippen molar-refractivity contribution in [1.82, 2.24) is 4.98 Å². The maximum Gasteiger partial charge on any atom is 0.0704 e. The summed E-state index contributed by atoms with van der Waals surface area (Å²) in [5, 5.41) is -1.81. The molecule has 1 heterocycles. The van der Waals surface area contributed by atoms with Gasteiger partial charge >= 0.3 is 0 Å². The molecule has 0 amide bonds. The molecule has 0 bridgehead atoms. The van der Waals surface area contributed by atoms with Crippen molar-refractivity contribution in [1.29, 1.82) is 0 Å². The second kappa shape index (κ2) is 5.58. The van der Waals surface area contributed by atoms with Crippen LogP contribution in [0.1, 0.15) is 50.3 Å². The Morgan fingerprint density at radius 1 is 0.875 bits per heavy atom. The average molecular weight is 305 g/mol. The summed E-state index contributed by atoms with van der Waals surface area (Å²) in [7, 11) is 25.1. The van der Waals surface area contributed by atoms with E-state index < -0.39 is 10.4 Å². The van der Waals surface area contributed by atoms with Gasteiger partial charge in [0.2, 0.25) is 0 Å². The van der Waals surface area contributed by atoms with Gasteiger partial charge in [0, 0.05) is 11.8 Å². The van der Waals surface area contributed by atoms with Gasteiger partial charge in [-0.1, -0.05) is 73.4 Å². The average Bonchev–Trinajstić information content (AvgIpc) is 2.51. The molecule has 0 spiro atoms. The summed E-state index contributed by atoms with van der Waals surface area (Å²) in [5.74, 6) is 0. The molecule has 2 aromatic rings. The molecular weight excluding hydrogens is 285 g/mol. The Bertz CT molecular complexity index is 775. The molecular formula is C19H19B4N. The van der Waals surface area contributed by atoms with Gasteiger partial charge in [-0.05, 0) is 23.1 Å². The summed E-state index contributed by atoms with van der Waals surface area (Å²) in [6, 6.07) is 10.1. The van der Waals surface area contributed by atoms with Gasteiger partial charge in [-0.25, -0.2) is 0 Å². The van der Waals surface area contributed by atoms with Crippen molar-refractivity contribution in [2.75, 3.05) is 0 Å². The van der Waals surface area contributed by atoms with E-state index in [1.165, 1.54) is 5.56 Å². The maximum absolute atomic E-state index is 6.30. The number of aromatic nitrogens is 1. The Morgan fingerprint density at radius 3 is 2.12 bits per heavy atom. The van der Waals surface area contributed by atoms with E-state index in [0.717, 1.165) is 22.4 Å². The molecule has 0 saturated heterocycles. The van der Waals surface area contributed by atoms with Crippen molar-refractivity contribution in [2.24, 2.45) is 0 Å². The molecule has 112 valence electrons. The monoisotopic (exact) mass is 305 g/mol. The van der Waals surface area contributed by atoms with Gasteiger partial charge < -0.3 is 0 Å². The summed E-state index contributed by atoms with van der Waals surface area (Å²) in [6.07, 6.45) is 2.94. The SMILES string of the molecule is [B]C1([B])CCC([B])([B])c2cc(-c3cc(C(C)(C)C)ccn3)ccc21. The summed E-state index contributed by atoms with van der Waals surface area (Å²) in [4.78, 5) is 4.51. The van der Waals surface area contributed by atoms with Crippen LogP contribution < -0.4 is 0 Å². The van der Waals surface area contributed by atoms with Gasteiger partial charge in [-0.3, -0.25) is 4.98 Å². The lowest BCUT2D eigenvalue weighted by Crippen LogP contribution is -2.42. The molecule has 1 nitrogen and oxygen atoms in total. The number of fused-ring (bicyclic) bond motifs is 1. The largest absolute Gasteiger partial charge is 0.256 e. The van der Waals surface area contributed by atoms with Crippen molar-refractivity contribution in [2.45, 2.75) is 49.5 Å². The van der Waals surface area contributed by atoms with E-state index in [2.05, 4.69) is 31.8 Å². The number of hydrogen-bond acceptors (Lipinski definition) is 1. The van der Waals surface area contributed by atoms with Gasteiger partial charge in [-0.2, -0.15) is 0 Å². The molecule has 0 unspecified atom stereocenters. The molecule has 0 saturated carbocycles. The Kier molecular flexibility index (Phi) is 4.06. The smallest absolute Gasteiger partial charge is 0.0704 e. The van der Waals surface area contributed by atoms with E-state index in [1.54, 1.807) is 0 Å². The van der Waals surface area contributed by atoms with Crippen molar-refractivity contribution in [3.63, 3.8) is 0 Å². The molecule has 5 heteroatoms. The molecule has 1 aliphatic rings. The molecule has 0 fully saturated rings. The first-order chi connectivity index (χ1) is 11.0. The van der Waals surface area contributed by atoms with Crippen LogP contribution in [0.3, 0.4) is 0 Å². The van der Waals surface area contributed by atoms with E-state index in [9.17, 15) is 0 Å². The first kappa shape index (κ1) is 17.5. The zero-order valence-electron chi connectivity index (χ0n) is 14.6. The van der Waals surface area contributed by atoms with Crippen molar-refractivity contribution >= 4 is 31.4 Å². The lowest BCUT2D eigenvalue weighted by Gasteiger charge is -2.43. The number of hydrogen-bond donors (Lipinski definition) is 0. The minimum atomic E-state index is -0.921. The molecule has 0 aliphatic heterocycles. The van der Waals surface area contributed by atoms with Gasteiger partial charge in [0.05, 0.1) is 37.1 Å². The van der Waals surface area contributed by atoms with E-state index in [-0.39, 0.29) is 5.41 Å². The highest BCUT2D eigenvalue weighted by Gasteiger charge is 2.35. The zero-order chi connectivity index (χ0) is 17.8. The van der Waals surface area contributed by atoms with Gasteiger partial charge in [-0.15, -0.1) is 0 Å². The second-order valence-corrected chi connectivity index (χ2v) is 8.02. The molecule has 0 N–H and O–H groups in total. The van der Waals surface area contributed by atoms with Crippen LogP contribution in [0.25, 0.3) is 11.3 Å². The first-order valence-electron chi connectivity index (χ1n) is 8.28. The van der Waals surface area contributed by atoms with E-state index in [0.29, 0.717) is 12.8 Å². The molecule has 24 heavy (non-hydrogen) atoms. The highest BCUT2D eigenvalue weighted by Crippen LogP contribution is 2.41. The third-order valence-electron chi connectivity index (χ3n) is 4.90. The van der Waals surface area contributed by atoms with Crippen molar-refractivity contribution in [3.05, 3.63) is 53.2 Å². The fourth-order valence-corrected chi connectivity index (χ4v) is 3.23. The van der Waals surface area contributed by atoms with Gasteiger partial charge in [0.25, 0.3) is 0 Å². The Labute approximate surface area is 150 Å². The number of rotatable bonds is 1. The Morgan fingerprint density at radius 2 is 1.50 bits per heavy atom. The highest BCUT2D eigenvalue weighted by molar-refractivity contribution is 6.43.